The van der Waals surface area contributed by atoms with E-state index < -0.39 is 0 Å². The summed E-state index contributed by atoms with van der Waals surface area (Å²) in [6.45, 7) is 6.72. The van der Waals surface area contributed by atoms with Crippen LogP contribution in [0.2, 0.25) is 5.02 Å². The SMILES string of the molecule is CCSNC(=O)c1ccc2c(-c3cnc(OCC(C)C)c(Cl)c3)cn(C)c2c1. The van der Waals surface area contributed by atoms with E-state index in [1.165, 1.54) is 11.9 Å². The fourth-order valence-electron chi connectivity index (χ4n) is 2.88. The summed E-state index contributed by atoms with van der Waals surface area (Å²) in [5.41, 5.74) is 3.53. The van der Waals surface area contributed by atoms with Gasteiger partial charge in [0.15, 0.2) is 0 Å². The molecule has 0 unspecified atom stereocenters. The van der Waals surface area contributed by atoms with Crippen LogP contribution in [0.5, 0.6) is 5.88 Å². The van der Waals surface area contributed by atoms with Crippen LogP contribution in [0, 0.1) is 5.92 Å². The first-order valence-electron chi connectivity index (χ1n) is 9.20. The highest BCUT2D eigenvalue weighted by molar-refractivity contribution is 7.97. The van der Waals surface area contributed by atoms with Gasteiger partial charge in [-0.2, -0.15) is 0 Å². The maximum atomic E-state index is 12.2. The van der Waals surface area contributed by atoms with Gasteiger partial charge in [0.1, 0.15) is 5.02 Å². The van der Waals surface area contributed by atoms with Crippen LogP contribution in [0.4, 0.5) is 0 Å². The quantitative estimate of drug-likeness (QED) is 0.528. The molecular formula is C21H24ClN3O2S. The minimum Gasteiger partial charge on any atom is -0.476 e. The summed E-state index contributed by atoms with van der Waals surface area (Å²) in [7, 11) is 1.96. The maximum absolute atomic E-state index is 12.2. The third-order valence-corrected chi connectivity index (χ3v) is 5.12. The van der Waals surface area contributed by atoms with Crippen LogP contribution in [0.15, 0.2) is 36.7 Å². The molecule has 0 radical (unpaired) electrons. The minimum absolute atomic E-state index is 0.0899. The summed E-state index contributed by atoms with van der Waals surface area (Å²) in [5.74, 6) is 1.59. The number of nitrogens with one attached hydrogen (secondary N) is 1. The lowest BCUT2D eigenvalue weighted by molar-refractivity contribution is 0.0984. The van der Waals surface area contributed by atoms with Crippen molar-refractivity contribution in [2.24, 2.45) is 13.0 Å². The third kappa shape index (κ3) is 4.45. The number of carbonyl (C=O) groups excluding carboxylic acids is 1. The Morgan fingerprint density at radius 1 is 1.36 bits per heavy atom. The standard InChI is InChI=1S/C21H24ClN3O2S/c1-5-28-24-20(26)14-6-7-16-17(11-25(4)19(16)9-14)15-8-18(22)21(23-10-15)27-12-13(2)3/h6-11,13H,5,12H2,1-4H3,(H,24,26). The Kier molecular flexibility index (Phi) is 6.52. The van der Waals surface area contributed by atoms with Crippen molar-refractivity contribution in [3.63, 3.8) is 0 Å². The number of hydrogen-bond acceptors (Lipinski definition) is 4. The summed E-state index contributed by atoms with van der Waals surface area (Å²) >= 11 is 7.78. The van der Waals surface area contributed by atoms with Gasteiger partial charge in [0.2, 0.25) is 5.88 Å². The number of benzene rings is 1. The molecule has 0 bridgehead atoms. The van der Waals surface area contributed by atoms with E-state index in [2.05, 4.69) is 23.6 Å². The number of amides is 1. The average molecular weight is 418 g/mol. The second-order valence-corrected chi connectivity index (χ2v) is 8.44. The Hall–Kier alpha value is -2.18. The van der Waals surface area contributed by atoms with Crippen molar-refractivity contribution >= 4 is 40.4 Å². The number of pyridine rings is 1. The van der Waals surface area contributed by atoms with Gasteiger partial charge in [0.05, 0.1) is 6.61 Å². The Bertz CT molecular complexity index is 1000. The first-order chi connectivity index (χ1) is 13.4. The molecular weight excluding hydrogens is 394 g/mol. The number of ether oxygens (including phenoxy) is 1. The minimum atomic E-state index is -0.0899. The molecule has 0 aliphatic rings. The van der Waals surface area contributed by atoms with Gasteiger partial charge in [0.25, 0.3) is 5.91 Å². The molecule has 3 rings (SSSR count). The molecule has 0 aliphatic heterocycles. The summed E-state index contributed by atoms with van der Waals surface area (Å²) < 4.78 is 10.5. The first kappa shape index (κ1) is 20.6. The highest BCUT2D eigenvalue weighted by atomic mass is 35.5. The molecule has 0 spiro atoms. The molecule has 148 valence electrons. The van der Waals surface area contributed by atoms with Gasteiger partial charge in [-0.3, -0.25) is 9.52 Å². The number of aromatic nitrogens is 2. The van der Waals surface area contributed by atoms with Crippen molar-refractivity contribution in [3.8, 4) is 17.0 Å². The zero-order valence-electron chi connectivity index (χ0n) is 16.5. The molecule has 1 aromatic carbocycles. The van der Waals surface area contributed by atoms with E-state index in [1.807, 2.05) is 49.0 Å². The largest absolute Gasteiger partial charge is 0.476 e. The first-order valence-corrected chi connectivity index (χ1v) is 10.6. The fraction of sp³-hybridized carbons (Fsp3) is 0.333. The van der Waals surface area contributed by atoms with E-state index in [1.54, 1.807) is 6.20 Å². The van der Waals surface area contributed by atoms with Crippen molar-refractivity contribution in [1.82, 2.24) is 14.3 Å². The Balaban J connectivity index is 1.93. The number of carbonyl (C=O) groups is 1. The lowest BCUT2D eigenvalue weighted by atomic mass is 10.0. The molecule has 28 heavy (non-hydrogen) atoms. The molecule has 0 saturated heterocycles. The molecule has 0 atom stereocenters. The smallest absolute Gasteiger partial charge is 0.261 e. The van der Waals surface area contributed by atoms with Gasteiger partial charge in [-0.25, -0.2) is 4.98 Å². The van der Waals surface area contributed by atoms with Crippen molar-refractivity contribution in [2.45, 2.75) is 20.8 Å². The fourth-order valence-corrected chi connectivity index (χ4v) is 3.49. The van der Waals surface area contributed by atoms with Crippen LogP contribution >= 0.6 is 23.5 Å². The average Bonchev–Trinajstić information content (AvgIpc) is 3.01. The van der Waals surface area contributed by atoms with Gasteiger partial charge in [-0.15, -0.1) is 0 Å². The van der Waals surface area contributed by atoms with Crippen LogP contribution in [0.3, 0.4) is 0 Å². The third-order valence-electron chi connectivity index (χ3n) is 4.23. The monoisotopic (exact) mass is 417 g/mol. The summed E-state index contributed by atoms with van der Waals surface area (Å²) in [6, 6.07) is 7.58. The second kappa shape index (κ2) is 8.88. The Morgan fingerprint density at radius 2 is 2.14 bits per heavy atom. The van der Waals surface area contributed by atoms with E-state index >= 15 is 0 Å². The number of aryl methyl sites for hydroxylation is 1. The molecule has 2 heterocycles. The normalized spacial score (nSPS) is 11.2. The predicted molar refractivity (Wildman–Crippen MR) is 117 cm³/mol. The van der Waals surface area contributed by atoms with Gasteiger partial charge < -0.3 is 9.30 Å². The molecule has 0 aliphatic carbocycles. The molecule has 3 aromatic rings. The topological polar surface area (TPSA) is 56.1 Å². The highest BCUT2D eigenvalue weighted by Crippen LogP contribution is 2.34. The van der Waals surface area contributed by atoms with E-state index in [-0.39, 0.29) is 5.91 Å². The zero-order valence-corrected chi connectivity index (χ0v) is 18.0. The van der Waals surface area contributed by atoms with E-state index in [4.69, 9.17) is 16.3 Å². The Labute approximate surface area is 174 Å². The van der Waals surface area contributed by atoms with E-state index in [0.717, 1.165) is 27.8 Å². The van der Waals surface area contributed by atoms with Crippen molar-refractivity contribution in [2.75, 3.05) is 12.4 Å². The molecule has 1 amide bonds. The summed E-state index contributed by atoms with van der Waals surface area (Å²) in [6.07, 6.45) is 3.80. The van der Waals surface area contributed by atoms with Crippen molar-refractivity contribution in [1.29, 1.82) is 0 Å². The van der Waals surface area contributed by atoms with Crippen LogP contribution in [-0.4, -0.2) is 27.8 Å². The van der Waals surface area contributed by atoms with Gasteiger partial charge in [-0.05, 0) is 24.1 Å². The van der Waals surface area contributed by atoms with Crippen LogP contribution < -0.4 is 9.46 Å². The Morgan fingerprint density at radius 3 is 2.82 bits per heavy atom. The lowest BCUT2D eigenvalue weighted by Gasteiger charge is -2.10. The number of rotatable bonds is 7. The van der Waals surface area contributed by atoms with Crippen molar-refractivity contribution < 1.29 is 9.53 Å². The highest BCUT2D eigenvalue weighted by Gasteiger charge is 2.14. The molecule has 0 saturated carbocycles. The van der Waals surface area contributed by atoms with Crippen molar-refractivity contribution in [3.05, 3.63) is 47.2 Å². The lowest BCUT2D eigenvalue weighted by Crippen LogP contribution is -2.15. The van der Waals surface area contributed by atoms with Crippen LogP contribution in [0.1, 0.15) is 31.1 Å². The number of halogens is 1. The molecule has 2 aromatic heterocycles. The van der Waals surface area contributed by atoms with E-state index in [0.29, 0.717) is 29.0 Å². The summed E-state index contributed by atoms with van der Waals surface area (Å²) in [4.78, 5) is 16.6. The molecule has 5 nitrogen and oxygen atoms in total. The summed E-state index contributed by atoms with van der Waals surface area (Å²) in [5, 5.41) is 1.53. The van der Waals surface area contributed by atoms with Crippen LogP contribution in [0.25, 0.3) is 22.0 Å². The number of hydrogen-bond donors (Lipinski definition) is 1. The van der Waals surface area contributed by atoms with Crippen LogP contribution in [-0.2, 0) is 7.05 Å². The van der Waals surface area contributed by atoms with Gasteiger partial charge >= 0.3 is 0 Å². The molecule has 0 fully saturated rings. The van der Waals surface area contributed by atoms with E-state index in [9.17, 15) is 4.79 Å². The second-order valence-electron chi connectivity index (χ2n) is 6.97. The van der Waals surface area contributed by atoms with Gasteiger partial charge in [0, 0.05) is 52.8 Å². The molecule has 1 N–H and O–H groups in total. The number of fused-ring (bicyclic) bond motifs is 1. The molecule has 7 heteroatoms. The number of nitrogens with zero attached hydrogens (tertiary/aromatic N) is 2. The maximum Gasteiger partial charge on any atom is 0.261 e. The zero-order chi connectivity index (χ0) is 20.3. The predicted octanol–water partition coefficient (Wildman–Crippen LogP) is 5.33. The van der Waals surface area contributed by atoms with Gasteiger partial charge in [-0.1, -0.05) is 50.4 Å².